The van der Waals surface area contributed by atoms with Crippen molar-refractivity contribution < 1.29 is 69.0 Å². The van der Waals surface area contributed by atoms with Crippen LogP contribution in [0.15, 0.2) is 0 Å². The van der Waals surface area contributed by atoms with Gasteiger partial charge in [0.1, 0.15) is 17.9 Å². The monoisotopic (exact) mass is 753 g/mol. The molecule has 1 unspecified atom stereocenters. The van der Waals surface area contributed by atoms with Gasteiger partial charge < -0.3 is 29.9 Å². The molecule has 0 fully saturated rings. The number of Topliss-reactive ketones (excluding diaryl/α,β-unsaturated/α-hetero) is 1. The van der Waals surface area contributed by atoms with E-state index in [1.54, 1.807) is 0 Å². The Balaban J connectivity index is 0. The number of halogens is 3. The Bertz CT molecular complexity index is 1090. The second kappa shape index (κ2) is 25.5. The lowest BCUT2D eigenvalue weighted by Gasteiger charge is -2.39. The summed E-state index contributed by atoms with van der Waals surface area (Å²) in [7, 11) is -5.31. The van der Waals surface area contributed by atoms with Crippen molar-refractivity contribution in [1.82, 2.24) is 10.6 Å². The van der Waals surface area contributed by atoms with Gasteiger partial charge in [0, 0.05) is 18.6 Å². The Morgan fingerprint density at radius 2 is 1.24 bits per heavy atom. The molecule has 0 aromatic rings. The first kappa shape index (κ1) is 48.6. The minimum absolute atomic E-state index is 0.401. The zero-order chi connectivity index (χ0) is 38.3. The Labute approximate surface area is 292 Å². The van der Waals surface area contributed by atoms with Gasteiger partial charge >= 0.3 is 24.0 Å². The summed E-state index contributed by atoms with van der Waals surface area (Å²) in [5.41, 5.74) is 0. The number of carbonyl (C=O) groups excluding carboxylic acids is 3. The summed E-state index contributed by atoms with van der Waals surface area (Å²) < 4.78 is 73.9. The second-order valence-electron chi connectivity index (χ2n) is 11.8. The fourth-order valence-corrected chi connectivity index (χ4v) is 5.27. The van der Waals surface area contributed by atoms with Crippen LogP contribution in [-0.2, 0) is 38.6 Å². The van der Waals surface area contributed by atoms with Gasteiger partial charge in [0.25, 0.3) is 0 Å². The average Bonchev–Trinajstić information content (AvgIpc) is 3.01. The normalized spacial score (nSPS) is 13.7. The Hall–Kier alpha value is -2.48. The number of quaternary nitrogens is 1. The van der Waals surface area contributed by atoms with Gasteiger partial charge in [-0.15, -0.1) is 0 Å². The first-order valence-corrected chi connectivity index (χ1v) is 18.4. The maximum absolute atomic E-state index is 12.3. The van der Waals surface area contributed by atoms with E-state index in [1.807, 2.05) is 5.32 Å². The third-order valence-electron chi connectivity index (χ3n) is 7.57. The summed E-state index contributed by atoms with van der Waals surface area (Å²) in [6.07, 6.45) is 3.19. The molecule has 14 nitrogen and oxygen atoms in total. The van der Waals surface area contributed by atoms with Gasteiger partial charge in [0.05, 0.1) is 38.7 Å². The third-order valence-corrected chi connectivity index (χ3v) is 8.36. The highest BCUT2D eigenvalue weighted by Gasteiger charge is 2.41. The fraction of sp³-hybridized carbons (Fsp3) is 0.833. The average molecular weight is 754 g/mol. The van der Waals surface area contributed by atoms with E-state index in [2.05, 4.69) is 44.5 Å². The number of carboxylic acids is 2. The minimum atomic E-state index is -5.38. The zero-order valence-electron chi connectivity index (χ0n) is 28.8. The molecular formula is C30H54F3N3O11S2. The van der Waals surface area contributed by atoms with Crippen molar-refractivity contribution in [2.75, 3.05) is 38.5 Å². The van der Waals surface area contributed by atoms with Crippen molar-refractivity contribution >= 4 is 52.6 Å². The highest BCUT2D eigenvalue weighted by Crippen LogP contribution is 2.18. The van der Waals surface area contributed by atoms with Crippen molar-refractivity contribution in [2.24, 2.45) is 5.92 Å². The number of unbranched alkanes of at least 4 members (excludes halogenated alkanes) is 4. The van der Waals surface area contributed by atoms with Crippen LogP contribution in [0.2, 0.25) is 0 Å². The Morgan fingerprint density at radius 1 is 0.816 bits per heavy atom. The molecule has 3 atom stereocenters. The largest absolute Gasteiger partial charge is 0.726 e. The smallest absolute Gasteiger partial charge is 0.471 e. The van der Waals surface area contributed by atoms with Gasteiger partial charge in [-0.3, -0.25) is 18.6 Å². The molecule has 0 bridgehead atoms. The van der Waals surface area contributed by atoms with Crippen LogP contribution in [0.3, 0.4) is 0 Å². The van der Waals surface area contributed by atoms with Gasteiger partial charge in [-0.25, -0.2) is 18.0 Å². The maximum atomic E-state index is 12.3. The molecule has 0 rings (SSSR count). The lowest BCUT2D eigenvalue weighted by Crippen LogP contribution is -2.50. The molecule has 0 aromatic heterocycles. The molecule has 0 aliphatic rings. The van der Waals surface area contributed by atoms with E-state index in [-0.39, 0.29) is 0 Å². The van der Waals surface area contributed by atoms with Crippen LogP contribution in [0.5, 0.6) is 0 Å². The number of nitrogens with zero attached hydrogens (tertiary/aromatic N) is 1. The summed E-state index contributed by atoms with van der Waals surface area (Å²) in [4.78, 5) is 57.0. The van der Waals surface area contributed by atoms with E-state index in [4.69, 9.17) is 10.2 Å². The molecule has 0 aliphatic carbocycles. The third kappa shape index (κ3) is 23.5. The summed E-state index contributed by atoms with van der Waals surface area (Å²) in [5.74, 6) is -10.3. The molecule has 0 spiro atoms. The number of rotatable bonds is 26. The van der Waals surface area contributed by atoms with Crippen LogP contribution in [0.25, 0.3) is 0 Å². The second-order valence-corrected chi connectivity index (χ2v) is 13.2. The Kier molecular flexibility index (Phi) is 25.3. The van der Waals surface area contributed by atoms with Crippen LogP contribution in [0.1, 0.15) is 98.3 Å². The van der Waals surface area contributed by atoms with E-state index in [1.165, 1.54) is 87.3 Å². The number of thiol groups is 1. The van der Waals surface area contributed by atoms with Crippen molar-refractivity contribution in [3.05, 3.63) is 0 Å². The summed E-state index contributed by atoms with van der Waals surface area (Å²) >= 11 is 3.68. The number of hydrogen-bond donors (Lipinski definition) is 5. The number of aliphatic carboxylic acids is 2. The van der Waals surface area contributed by atoms with Crippen molar-refractivity contribution in [1.29, 1.82) is 0 Å². The number of carboxylic acid groups (broad SMARTS) is 2. The standard InChI is InChI=1S/C16H36N.C14H19F3N2O11S2/c1-5-9-13-17(14-10-6-2,15-11-7-3)16-12-8-4;15-14(16,17)13(26)19-8(11(22)23)2-1-7(20)3-6(4-30-32(27,28)29)10(21)18-9(5-31)12(24)25/h5-16H2,1-4H3;6,8-9,31H,1-5H2,(H,18,21)(H,19,26)(H,22,23)(H,24,25)(H,27,28,29)/q+1;/p-1/t;6-,8?,9-/m.0/s1. The van der Waals surface area contributed by atoms with Gasteiger partial charge in [-0.2, -0.15) is 25.8 Å². The van der Waals surface area contributed by atoms with Gasteiger partial charge in [0.2, 0.25) is 16.3 Å². The molecule has 0 saturated heterocycles. The van der Waals surface area contributed by atoms with Crippen molar-refractivity contribution in [3.63, 3.8) is 0 Å². The molecule has 19 heteroatoms. The van der Waals surface area contributed by atoms with E-state index in [0.29, 0.717) is 0 Å². The summed E-state index contributed by atoms with van der Waals surface area (Å²) in [5, 5.41) is 20.9. The number of alkyl halides is 3. The molecule has 0 aromatic carbocycles. The molecule has 288 valence electrons. The maximum Gasteiger partial charge on any atom is 0.471 e. The van der Waals surface area contributed by atoms with E-state index >= 15 is 0 Å². The molecule has 0 aliphatic heterocycles. The SMILES string of the molecule is CCCC[N+](CCCC)(CCCC)CCCC.O=C(CCC(NC(=O)C(F)(F)F)C(=O)O)C[C@@H](COS(=O)(=O)[O-])C(=O)N[C@@H](CS)C(=O)O. The molecule has 0 radical (unpaired) electrons. The topological polar surface area (TPSA) is 216 Å². The summed E-state index contributed by atoms with van der Waals surface area (Å²) in [6.45, 7) is 13.8. The van der Waals surface area contributed by atoms with Gasteiger partial charge in [-0.05, 0) is 32.1 Å². The fourth-order valence-electron chi connectivity index (χ4n) is 4.69. The molecule has 4 N–H and O–H groups in total. The van der Waals surface area contributed by atoms with Crippen LogP contribution in [0, 0.1) is 5.92 Å². The van der Waals surface area contributed by atoms with Gasteiger partial charge in [0.15, 0.2) is 0 Å². The predicted octanol–water partition coefficient (Wildman–Crippen LogP) is 3.45. The highest BCUT2D eigenvalue weighted by molar-refractivity contribution is 7.80. The van der Waals surface area contributed by atoms with Crippen molar-refractivity contribution in [3.8, 4) is 0 Å². The van der Waals surface area contributed by atoms with Crippen molar-refractivity contribution in [2.45, 2.75) is 117 Å². The van der Waals surface area contributed by atoms with E-state index < -0.39 is 95.7 Å². The van der Waals surface area contributed by atoms with E-state index in [9.17, 15) is 50.1 Å². The molecule has 0 heterocycles. The lowest BCUT2D eigenvalue weighted by atomic mass is 9.98. The number of ketones is 1. The van der Waals surface area contributed by atoms with E-state index in [0.717, 1.165) is 0 Å². The first-order chi connectivity index (χ1) is 22.7. The Morgan fingerprint density at radius 3 is 1.57 bits per heavy atom. The minimum Gasteiger partial charge on any atom is -0.726 e. The number of hydrogen-bond acceptors (Lipinski definition) is 10. The summed E-state index contributed by atoms with van der Waals surface area (Å²) in [6, 6.07) is -3.67. The lowest BCUT2D eigenvalue weighted by molar-refractivity contribution is -0.929. The van der Waals surface area contributed by atoms with Gasteiger partial charge in [-0.1, -0.05) is 53.4 Å². The van der Waals surface area contributed by atoms with Crippen LogP contribution < -0.4 is 10.6 Å². The highest BCUT2D eigenvalue weighted by atomic mass is 32.3. The van der Waals surface area contributed by atoms with Crippen LogP contribution in [-0.4, -0.2) is 114 Å². The van der Waals surface area contributed by atoms with Crippen LogP contribution >= 0.6 is 12.6 Å². The number of carbonyl (C=O) groups is 5. The number of amides is 2. The quantitative estimate of drug-likeness (QED) is 0.0373. The number of nitrogens with one attached hydrogen (secondary N) is 2. The van der Waals surface area contributed by atoms with Crippen LogP contribution in [0.4, 0.5) is 13.2 Å². The molecule has 49 heavy (non-hydrogen) atoms. The first-order valence-electron chi connectivity index (χ1n) is 16.4. The molecular weight excluding hydrogens is 699 g/mol. The zero-order valence-corrected chi connectivity index (χ0v) is 30.5. The molecule has 2 amide bonds. The predicted molar refractivity (Wildman–Crippen MR) is 176 cm³/mol. The molecule has 0 saturated carbocycles.